The Morgan fingerprint density at radius 2 is 2.22 bits per heavy atom. The van der Waals surface area contributed by atoms with Gasteiger partial charge in [0.25, 0.3) is 0 Å². The summed E-state index contributed by atoms with van der Waals surface area (Å²) in [6.07, 6.45) is 0. The highest BCUT2D eigenvalue weighted by molar-refractivity contribution is 5.40. The number of hydrogen-bond acceptors (Lipinski definition) is 1. The van der Waals surface area contributed by atoms with E-state index in [1.807, 2.05) is 0 Å². The Hall–Kier alpha value is -1.09. The van der Waals surface area contributed by atoms with Crippen LogP contribution in [0.25, 0.3) is 0 Å². The summed E-state index contributed by atoms with van der Waals surface area (Å²) in [7, 11) is 0. The van der Waals surface area contributed by atoms with Crippen molar-refractivity contribution in [3.63, 3.8) is 0 Å². The normalized spacial score (nSPS) is 9.11. The molecule has 0 aromatic heterocycles. The zero-order valence-electron chi connectivity index (χ0n) is 4.60. The summed E-state index contributed by atoms with van der Waals surface area (Å²) in [4.78, 5) is 0. The Morgan fingerprint density at radius 3 is 2.67 bits per heavy atom. The van der Waals surface area contributed by atoms with Gasteiger partial charge >= 0.3 is 0 Å². The Morgan fingerprint density at radius 1 is 1.44 bits per heavy atom. The molecule has 1 aromatic rings. The maximum absolute atomic E-state index is 12.2. The fraction of sp³-hybridized carbons (Fsp3) is 0. The SMILES string of the molecule is [O]Nc1cccc(F)c1. The molecule has 1 aromatic carbocycles. The molecule has 1 rings (SSSR count). The molecule has 0 spiro atoms. The van der Waals surface area contributed by atoms with Crippen LogP contribution in [0.1, 0.15) is 0 Å². The van der Waals surface area contributed by atoms with E-state index in [1.54, 1.807) is 5.48 Å². The van der Waals surface area contributed by atoms with E-state index in [1.165, 1.54) is 18.2 Å². The number of halogens is 1. The van der Waals surface area contributed by atoms with Crippen LogP contribution in [0.2, 0.25) is 0 Å². The molecule has 1 radical (unpaired) electrons. The minimum Gasteiger partial charge on any atom is -0.233 e. The van der Waals surface area contributed by atoms with E-state index in [4.69, 9.17) is 0 Å². The van der Waals surface area contributed by atoms with Crippen LogP contribution in [0, 0.1) is 5.82 Å². The van der Waals surface area contributed by atoms with Gasteiger partial charge in [-0.15, -0.1) is 0 Å². The topological polar surface area (TPSA) is 31.9 Å². The molecule has 1 N–H and O–H groups in total. The largest absolute Gasteiger partial charge is 0.233 e. The Bertz CT molecular complexity index is 202. The molecule has 0 atom stereocenters. The van der Waals surface area contributed by atoms with E-state index in [-0.39, 0.29) is 5.69 Å². The van der Waals surface area contributed by atoms with Gasteiger partial charge in [0, 0.05) is 0 Å². The molecule has 0 saturated heterocycles. The van der Waals surface area contributed by atoms with Crippen LogP contribution in [0.15, 0.2) is 24.3 Å². The van der Waals surface area contributed by atoms with Crippen LogP contribution < -0.4 is 5.48 Å². The average molecular weight is 126 g/mol. The first kappa shape index (κ1) is 6.04. The molecule has 0 saturated carbocycles. The zero-order chi connectivity index (χ0) is 6.69. The average Bonchev–Trinajstić information content (AvgIpc) is 1.88. The lowest BCUT2D eigenvalue weighted by atomic mass is 10.3. The zero-order valence-corrected chi connectivity index (χ0v) is 4.60. The van der Waals surface area contributed by atoms with Gasteiger partial charge < -0.3 is 0 Å². The molecular formula is C6H5FNO. The molecule has 0 bridgehead atoms. The molecule has 0 amide bonds. The Labute approximate surface area is 51.9 Å². The summed E-state index contributed by atoms with van der Waals surface area (Å²) in [6, 6.07) is 5.37. The van der Waals surface area contributed by atoms with Crippen molar-refractivity contribution in [2.24, 2.45) is 0 Å². The predicted molar refractivity (Wildman–Crippen MR) is 30.7 cm³/mol. The highest BCUT2D eigenvalue weighted by Gasteiger charge is 1.89. The van der Waals surface area contributed by atoms with Gasteiger partial charge in [-0.25, -0.2) is 9.87 Å². The molecule has 9 heavy (non-hydrogen) atoms. The van der Waals surface area contributed by atoms with Crippen LogP contribution in [-0.4, -0.2) is 0 Å². The molecule has 47 valence electrons. The molecule has 0 aliphatic carbocycles. The minimum absolute atomic E-state index is 0.245. The van der Waals surface area contributed by atoms with Gasteiger partial charge in [-0.1, -0.05) is 11.3 Å². The second kappa shape index (κ2) is 2.46. The maximum atomic E-state index is 12.2. The van der Waals surface area contributed by atoms with Gasteiger partial charge in [0.05, 0.1) is 5.69 Å². The van der Waals surface area contributed by atoms with Crippen molar-refractivity contribution in [1.82, 2.24) is 0 Å². The fourth-order valence-corrected chi connectivity index (χ4v) is 0.552. The van der Waals surface area contributed by atoms with E-state index >= 15 is 0 Å². The van der Waals surface area contributed by atoms with Gasteiger partial charge in [0.2, 0.25) is 0 Å². The summed E-state index contributed by atoms with van der Waals surface area (Å²) in [5.41, 5.74) is 1.82. The standard InChI is InChI=1S/C6H5FNO/c7-5-2-1-3-6(4-5)8-9/h1-4,8H. The molecule has 0 unspecified atom stereocenters. The lowest BCUT2D eigenvalue weighted by Gasteiger charge is -1.92. The Balaban J connectivity index is 2.94. The van der Waals surface area contributed by atoms with Crippen molar-refractivity contribution in [2.75, 3.05) is 5.48 Å². The third-order valence-electron chi connectivity index (χ3n) is 0.942. The van der Waals surface area contributed by atoms with Crippen LogP contribution in [0.3, 0.4) is 0 Å². The summed E-state index contributed by atoms with van der Waals surface area (Å²) in [6.45, 7) is 0. The molecular weight excluding hydrogens is 121 g/mol. The molecule has 0 aliphatic rings. The van der Waals surface area contributed by atoms with Crippen molar-refractivity contribution in [3.8, 4) is 0 Å². The van der Waals surface area contributed by atoms with Crippen molar-refractivity contribution in [2.45, 2.75) is 0 Å². The number of benzene rings is 1. The molecule has 0 fully saturated rings. The summed E-state index contributed by atoms with van der Waals surface area (Å²) >= 11 is 0. The summed E-state index contributed by atoms with van der Waals surface area (Å²) in [5, 5.41) is 9.87. The van der Waals surface area contributed by atoms with Crippen LogP contribution in [-0.2, 0) is 5.21 Å². The lowest BCUT2D eigenvalue weighted by Crippen LogP contribution is -1.85. The van der Waals surface area contributed by atoms with E-state index in [2.05, 4.69) is 0 Å². The highest BCUT2D eigenvalue weighted by atomic mass is 19.1. The quantitative estimate of drug-likeness (QED) is 0.569. The van der Waals surface area contributed by atoms with Gasteiger partial charge in [-0.3, -0.25) is 0 Å². The Kier molecular flexibility index (Phi) is 1.65. The monoisotopic (exact) mass is 126 g/mol. The number of hydrogen-bond donors (Lipinski definition) is 1. The summed E-state index contributed by atoms with van der Waals surface area (Å²) < 4.78 is 12.2. The number of rotatable bonds is 1. The van der Waals surface area contributed by atoms with Crippen molar-refractivity contribution >= 4 is 5.69 Å². The van der Waals surface area contributed by atoms with E-state index < -0.39 is 5.82 Å². The third-order valence-corrected chi connectivity index (χ3v) is 0.942. The first-order chi connectivity index (χ1) is 4.33. The van der Waals surface area contributed by atoms with Crippen LogP contribution in [0.4, 0.5) is 10.1 Å². The third kappa shape index (κ3) is 1.40. The van der Waals surface area contributed by atoms with Crippen molar-refractivity contribution in [1.29, 1.82) is 0 Å². The lowest BCUT2D eigenvalue weighted by molar-refractivity contribution is 0.274. The first-order valence-electron chi connectivity index (χ1n) is 2.46. The molecule has 0 heterocycles. The highest BCUT2D eigenvalue weighted by Crippen LogP contribution is 2.06. The van der Waals surface area contributed by atoms with Gasteiger partial charge in [0.1, 0.15) is 5.82 Å². The van der Waals surface area contributed by atoms with E-state index in [9.17, 15) is 9.60 Å². The number of anilines is 1. The number of nitrogens with one attached hydrogen (secondary N) is 1. The molecule has 0 aliphatic heterocycles. The van der Waals surface area contributed by atoms with E-state index in [0.29, 0.717) is 0 Å². The second-order valence-corrected chi connectivity index (χ2v) is 1.61. The first-order valence-corrected chi connectivity index (χ1v) is 2.46. The second-order valence-electron chi connectivity index (χ2n) is 1.61. The smallest absolute Gasteiger partial charge is 0.125 e. The van der Waals surface area contributed by atoms with Crippen molar-refractivity contribution < 1.29 is 9.60 Å². The molecule has 3 heteroatoms. The molecule has 2 nitrogen and oxygen atoms in total. The van der Waals surface area contributed by atoms with Gasteiger partial charge in [-0.05, 0) is 18.2 Å². The van der Waals surface area contributed by atoms with Gasteiger partial charge in [-0.2, -0.15) is 0 Å². The maximum Gasteiger partial charge on any atom is 0.125 e. The van der Waals surface area contributed by atoms with E-state index in [0.717, 1.165) is 6.07 Å². The fourth-order valence-electron chi connectivity index (χ4n) is 0.552. The van der Waals surface area contributed by atoms with Crippen LogP contribution >= 0.6 is 0 Å². The summed E-state index contributed by atoms with van der Waals surface area (Å²) in [5.74, 6) is -0.407. The minimum atomic E-state index is -0.407. The van der Waals surface area contributed by atoms with Crippen molar-refractivity contribution in [3.05, 3.63) is 30.1 Å². The van der Waals surface area contributed by atoms with Crippen LogP contribution in [0.5, 0.6) is 0 Å². The van der Waals surface area contributed by atoms with Gasteiger partial charge in [0.15, 0.2) is 0 Å². The predicted octanol–water partition coefficient (Wildman–Crippen LogP) is 1.58.